The maximum absolute atomic E-state index is 12.4. The number of aliphatic hydroxyl groups is 2. The molecular formula is C33H54O6. The minimum atomic E-state index is -0.842. The van der Waals surface area contributed by atoms with Gasteiger partial charge in [-0.3, -0.25) is 9.59 Å². The van der Waals surface area contributed by atoms with Crippen LogP contribution >= 0.6 is 0 Å². The molecule has 6 heteroatoms. The first-order valence-corrected chi connectivity index (χ1v) is 15.9. The van der Waals surface area contributed by atoms with E-state index in [-0.39, 0.29) is 28.9 Å². The predicted octanol–water partition coefficient (Wildman–Crippen LogP) is 6.35. The fourth-order valence-corrected chi connectivity index (χ4v) is 9.84. The lowest BCUT2D eigenvalue weighted by molar-refractivity contribution is -0.264. The molecule has 0 radical (unpaired) electrons. The van der Waals surface area contributed by atoms with E-state index in [1.165, 1.54) is 25.7 Å². The van der Waals surface area contributed by atoms with Crippen LogP contribution in [0.2, 0.25) is 0 Å². The average molecular weight is 547 g/mol. The Hall–Kier alpha value is -1.14. The summed E-state index contributed by atoms with van der Waals surface area (Å²) < 4.78 is 11.9. The first kappa shape index (κ1) is 29.4. The Kier molecular flexibility index (Phi) is 7.11. The van der Waals surface area contributed by atoms with Crippen LogP contribution in [0.5, 0.6) is 0 Å². The Labute approximate surface area is 236 Å². The molecule has 7 saturated carbocycles. The van der Waals surface area contributed by atoms with E-state index in [0.29, 0.717) is 25.2 Å². The highest BCUT2D eigenvalue weighted by Gasteiger charge is 2.65. The molecule has 0 aromatic rings. The highest BCUT2D eigenvalue weighted by Crippen LogP contribution is 2.64. The van der Waals surface area contributed by atoms with Gasteiger partial charge in [0.1, 0.15) is 11.2 Å². The number of esters is 2. The van der Waals surface area contributed by atoms with Crippen LogP contribution in [-0.4, -0.2) is 44.6 Å². The van der Waals surface area contributed by atoms with Gasteiger partial charge >= 0.3 is 11.9 Å². The van der Waals surface area contributed by atoms with Crippen LogP contribution in [0, 0.1) is 40.4 Å². The first-order chi connectivity index (χ1) is 18.0. The highest BCUT2D eigenvalue weighted by atomic mass is 16.6. The number of ether oxygens (including phenoxy) is 2. The molecule has 39 heavy (non-hydrogen) atoms. The predicted molar refractivity (Wildman–Crippen MR) is 150 cm³/mol. The monoisotopic (exact) mass is 546 g/mol. The van der Waals surface area contributed by atoms with E-state index in [1.54, 1.807) is 0 Å². The van der Waals surface area contributed by atoms with Crippen LogP contribution in [0.15, 0.2) is 0 Å². The molecule has 7 aliphatic carbocycles. The van der Waals surface area contributed by atoms with E-state index in [9.17, 15) is 19.8 Å². The van der Waals surface area contributed by atoms with Crippen molar-refractivity contribution in [1.82, 2.24) is 0 Å². The molecule has 222 valence electrons. The molecule has 0 aromatic carbocycles. The second kappa shape index (κ2) is 9.44. The van der Waals surface area contributed by atoms with Crippen LogP contribution < -0.4 is 0 Å². The van der Waals surface area contributed by atoms with Gasteiger partial charge in [0.2, 0.25) is 0 Å². The summed E-state index contributed by atoms with van der Waals surface area (Å²) in [5, 5.41) is 21.3. The molecule has 2 N–H and O–H groups in total. The van der Waals surface area contributed by atoms with E-state index >= 15 is 0 Å². The number of fused-ring (bicyclic) bond motifs is 5. The molecule has 7 aliphatic rings. The van der Waals surface area contributed by atoms with Gasteiger partial charge in [0.15, 0.2) is 0 Å². The van der Waals surface area contributed by atoms with E-state index in [4.69, 9.17) is 9.47 Å². The Morgan fingerprint density at radius 1 is 0.795 bits per heavy atom. The van der Waals surface area contributed by atoms with Crippen molar-refractivity contribution in [3.8, 4) is 0 Å². The molecule has 0 heterocycles. The number of hydrogen-bond acceptors (Lipinski definition) is 6. The molecule has 0 aromatic heterocycles. The van der Waals surface area contributed by atoms with Gasteiger partial charge in [-0.15, -0.1) is 0 Å². The zero-order chi connectivity index (χ0) is 28.6. The third-order valence-corrected chi connectivity index (χ3v) is 12.2. The lowest BCUT2D eigenvalue weighted by atomic mass is 9.50. The van der Waals surface area contributed by atoms with Crippen molar-refractivity contribution < 1.29 is 29.3 Å². The Balaban J connectivity index is 0.000000158. The molecule has 0 aliphatic heterocycles. The summed E-state index contributed by atoms with van der Waals surface area (Å²) in [4.78, 5) is 24.8. The Bertz CT molecular complexity index is 967. The Morgan fingerprint density at radius 2 is 1.33 bits per heavy atom. The minimum Gasteiger partial charge on any atom is -0.459 e. The molecule has 6 bridgehead atoms. The van der Waals surface area contributed by atoms with Gasteiger partial charge in [0.05, 0.1) is 22.0 Å². The molecule has 6 nitrogen and oxygen atoms in total. The number of carbonyl (C=O) groups excluding carboxylic acids is 2. The van der Waals surface area contributed by atoms with Crippen molar-refractivity contribution in [3.63, 3.8) is 0 Å². The number of rotatable bonds is 6. The van der Waals surface area contributed by atoms with Gasteiger partial charge in [0, 0.05) is 25.2 Å². The summed E-state index contributed by atoms with van der Waals surface area (Å²) in [6, 6.07) is 0. The summed E-state index contributed by atoms with van der Waals surface area (Å²) in [5.74, 6) is 3.37. The molecule has 0 amide bonds. The zero-order valence-corrected chi connectivity index (χ0v) is 25.6. The van der Waals surface area contributed by atoms with E-state index in [0.717, 1.165) is 56.3 Å². The van der Waals surface area contributed by atoms with Crippen LogP contribution in [0.1, 0.15) is 132 Å². The fraction of sp³-hybridized carbons (Fsp3) is 0.939. The van der Waals surface area contributed by atoms with Crippen molar-refractivity contribution >= 4 is 11.9 Å². The topological polar surface area (TPSA) is 93.1 Å². The summed E-state index contributed by atoms with van der Waals surface area (Å²) in [5.41, 5.74) is -3.34. The largest absolute Gasteiger partial charge is 0.459 e. The summed E-state index contributed by atoms with van der Waals surface area (Å²) >= 11 is 0. The quantitative estimate of drug-likeness (QED) is 0.377. The maximum atomic E-state index is 12.4. The standard InChI is InChI=1S/C17H28O2.C16H26O4/c1-5-16(2,3)15(18)19-17(4)10-11-9-14(17)13-8-6-7-12(11)13;1-4-13(2,3)12(17)20-16-7-11-5-14(18,9-16)8-15(19,6-11)10-16/h11-14H,5-10H2,1-4H3;11,18-19H,4-10H2,1-3H3. The van der Waals surface area contributed by atoms with Gasteiger partial charge in [0.25, 0.3) is 0 Å². The van der Waals surface area contributed by atoms with Gasteiger partial charge in [-0.05, 0) is 116 Å². The third kappa shape index (κ3) is 5.19. The molecule has 7 fully saturated rings. The van der Waals surface area contributed by atoms with Crippen LogP contribution in [0.4, 0.5) is 0 Å². The van der Waals surface area contributed by atoms with E-state index in [2.05, 4.69) is 13.8 Å². The van der Waals surface area contributed by atoms with Crippen LogP contribution in [-0.2, 0) is 19.1 Å². The zero-order valence-electron chi connectivity index (χ0n) is 25.6. The molecule has 7 rings (SSSR count). The molecule has 0 saturated heterocycles. The molecule has 7 unspecified atom stereocenters. The smallest absolute Gasteiger partial charge is 0.312 e. The summed E-state index contributed by atoms with van der Waals surface area (Å²) in [6.45, 7) is 14.0. The van der Waals surface area contributed by atoms with E-state index < -0.39 is 22.2 Å². The normalized spacial score (nSPS) is 45.5. The van der Waals surface area contributed by atoms with Crippen molar-refractivity contribution in [2.24, 2.45) is 40.4 Å². The molecule has 7 atom stereocenters. The maximum Gasteiger partial charge on any atom is 0.312 e. The fourth-order valence-electron chi connectivity index (χ4n) is 9.84. The number of hydrogen-bond donors (Lipinski definition) is 2. The SMILES string of the molecule is CCC(C)(C)C(=O)OC1(C)CC2CC1C1CCCC21.CCC(C)(C)C(=O)OC12CC3CC(O)(CC(O)(C3)C1)C2. The van der Waals surface area contributed by atoms with Crippen LogP contribution in [0.25, 0.3) is 0 Å². The summed E-state index contributed by atoms with van der Waals surface area (Å²) in [6.07, 6.45) is 11.9. The van der Waals surface area contributed by atoms with Gasteiger partial charge in [-0.1, -0.05) is 20.3 Å². The second-order valence-electron chi connectivity index (χ2n) is 16.3. The lowest BCUT2D eigenvalue weighted by Gasteiger charge is -2.62. The lowest BCUT2D eigenvalue weighted by Crippen LogP contribution is -2.67. The van der Waals surface area contributed by atoms with E-state index in [1.807, 2.05) is 34.6 Å². The number of carbonyl (C=O) groups is 2. The van der Waals surface area contributed by atoms with Gasteiger partial charge in [-0.25, -0.2) is 0 Å². The Morgan fingerprint density at radius 3 is 1.87 bits per heavy atom. The van der Waals surface area contributed by atoms with Crippen molar-refractivity contribution in [3.05, 3.63) is 0 Å². The van der Waals surface area contributed by atoms with Gasteiger partial charge in [-0.2, -0.15) is 0 Å². The third-order valence-electron chi connectivity index (χ3n) is 12.2. The molecule has 0 spiro atoms. The van der Waals surface area contributed by atoms with Crippen LogP contribution in [0.3, 0.4) is 0 Å². The second-order valence-corrected chi connectivity index (χ2v) is 16.3. The van der Waals surface area contributed by atoms with Crippen molar-refractivity contribution in [2.45, 2.75) is 154 Å². The van der Waals surface area contributed by atoms with Gasteiger partial charge < -0.3 is 19.7 Å². The van der Waals surface area contributed by atoms with Crippen molar-refractivity contribution in [2.75, 3.05) is 0 Å². The molecular weight excluding hydrogens is 492 g/mol. The minimum absolute atomic E-state index is 0.0135. The first-order valence-electron chi connectivity index (χ1n) is 15.9. The average Bonchev–Trinajstić information content (AvgIpc) is 3.49. The summed E-state index contributed by atoms with van der Waals surface area (Å²) in [7, 11) is 0. The highest BCUT2D eigenvalue weighted by molar-refractivity contribution is 5.76. The van der Waals surface area contributed by atoms with Crippen molar-refractivity contribution in [1.29, 1.82) is 0 Å².